The normalized spacial score (nSPS) is 10.2. The number of halogens is 2. The van der Waals surface area contributed by atoms with Gasteiger partial charge in [-0.1, -0.05) is 15.9 Å². The van der Waals surface area contributed by atoms with E-state index in [9.17, 15) is 4.79 Å². The van der Waals surface area contributed by atoms with Crippen LogP contribution in [0.5, 0.6) is 0 Å². The highest BCUT2D eigenvalue weighted by atomic mass is 79.9. The van der Waals surface area contributed by atoms with Gasteiger partial charge in [-0.3, -0.25) is 4.79 Å². The molecular weight excluding hydrogens is 338 g/mol. The maximum atomic E-state index is 11.8. The molecule has 0 aliphatic heterocycles. The summed E-state index contributed by atoms with van der Waals surface area (Å²) in [6.45, 7) is 3.64. The Kier molecular flexibility index (Phi) is 6.01. The van der Waals surface area contributed by atoms with E-state index in [1.165, 1.54) is 0 Å². The van der Waals surface area contributed by atoms with Gasteiger partial charge in [-0.05, 0) is 41.1 Å². The minimum absolute atomic E-state index is 0.104. The number of rotatable bonds is 5. The van der Waals surface area contributed by atoms with Crippen LogP contribution >= 0.6 is 31.9 Å². The molecule has 5 heteroatoms. The summed E-state index contributed by atoms with van der Waals surface area (Å²) in [7, 11) is 0. The van der Waals surface area contributed by atoms with Gasteiger partial charge in [0.15, 0.2) is 0 Å². The molecule has 16 heavy (non-hydrogen) atoms. The number of hydrogen-bond acceptors (Lipinski definition) is 2. The van der Waals surface area contributed by atoms with E-state index in [4.69, 9.17) is 4.74 Å². The highest BCUT2D eigenvalue weighted by molar-refractivity contribution is 9.11. The quantitative estimate of drug-likeness (QED) is 0.829. The topological polar surface area (TPSA) is 38.3 Å². The van der Waals surface area contributed by atoms with Gasteiger partial charge in [0.2, 0.25) is 0 Å². The Morgan fingerprint density at radius 1 is 1.44 bits per heavy atom. The lowest BCUT2D eigenvalue weighted by molar-refractivity contribution is 0.0922. The van der Waals surface area contributed by atoms with Crippen molar-refractivity contribution in [1.29, 1.82) is 0 Å². The first kappa shape index (κ1) is 13.7. The molecule has 0 saturated carbocycles. The van der Waals surface area contributed by atoms with Crippen molar-refractivity contribution in [2.75, 3.05) is 19.8 Å². The van der Waals surface area contributed by atoms with E-state index < -0.39 is 0 Å². The number of hydrogen-bond donors (Lipinski definition) is 1. The van der Waals surface area contributed by atoms with Crippen molar-refractivity contribution in [3.63, 3.8) is 0 Å². The highest BCUT2D eigenvalue weighted by Gasteiger charge is 2.09. The minimum atomic E-state index is -0.104. The van der Waals surface area contributed by atoms with Gasteiger partial charge in [0.05, 0.1) is 12.2 Å². The Hall–Kier alpha value is -0.390. The molecule has 0 radical (unpaired) electrons. The van der Waals surface area contributed by atoms with Gasteiger partial charge in [0.1, 0.15) is 0 Å². The van der Waals surface area contributed by atoms with Crippen LogP contribution in [0.15, 0.2) is 27.1 Å². The lowest BCUT2D eigenvalue weighted by atomic mass is 10.2. The first-order valence-electron chi connectivity index (χ1n) is 4.96. The molecule has 0 aromatic heterocycles. The predicted octanol–water partition coefficient (Wildman–Crippen LogP) is 2.98. The van der Waals surface area contributed by atoms with E-state index in [2.05, 4.69) is 37.2 Å². The first-order chi connectivity index (χ1) is 7.65. The van der Waals surface area contributed by atoms with Crippen molar-refractivity contribution in [3.05, 3.63) is 32.7 Å². The lowest BCUT2D eigenvalue weighted by Crippen LogP contribution is -2.27. The molecule has 0 spiro atoms. The van der Waals surface area contributed by atoms with Crippen LogP contribution < -0.4 is 5.32 Å². The number of carbonyl (C=O) groups excluding carboxylic acids is 1. The van der Waals surface area contributed by atoms with Crippen LogP contribution in [0.3, 0.4) is 0 Å². The van der Waals surface area contributed by atoms with Crippen molar-refractivity contribution in [2.24, 2.45) is 0 Å². The van der Waals surface area contributed by atoms with E-state index in [0.29, 0.717) is 25.3 Å². The Morgan fingerprint density at radius 3 is 2.88 bits per heavy atom. The second-order valence-corrected chi connectivity index (χ2v) is 4.85. The number of nitrogens with one attached hydrogen (secondary N) is 1. The monoisotopic (exact) mass is 349 g/mol. The zero-order valence-corrected chi connectivity index (χ0v) is 12.1. The molecule has 0 aliphatic carbocycles. The number of carbonyl (C=O) groups is 1. The molecular formula is C11H13Br2NO2. The van der Waals surface area contributed by atoms with Crippen molar-refractivity contribution in [3.8, 4) is 0 Å². The third-order valence-corrected chi connectivity index (χ3v) is 3.09. The van der Waals surface area contributed by atoms with Gasteiger partial charge in [0, 0.05) is 22.1 Å². The van der Waals surface area contributed by atoms with Crippen LogP contribution in [0.1, 0.15) is 17.3 Å². The molecule has 0 saturated heterocycles. The molecule has 0 unspecified atom stereocenters. The summed E-state index contributed by atoms with van der Waals surface area (Å²) >= 11 is 6.67. The largest absolute Gasteiger partial charge is 0.380 e. The molecule has 1 rings (SSSR count). The molecule has 1 aromatic carbocycles. The summed E-state index contributed by atoms with van der Waals surface area (Å²) in [4.78, 5) is 11.8. The molecule has 1 N–H and O–H groups in total. The van der Waals surface area contributed by atoms with E-state index in [1.807, 2.05) is 19.1 Å². The van der Waals surface area contributed by atoms with Gasteiger partial charge in [-0.15, -0.1) is 0 Å². The first-order valence-corrected chi connectivity index (χ1v) is 6.54. The minimum Gasteiger partial charge on any atom is -0.380 e. The highest BCUT2D eigenvalue weighted by Crippen LogP contribution is 2.21. The Balaban J connectivity index is 2.55. The second-order valence-electron chi connectivity index (χ2n) is 3.08. The molecule has 0 atom stereocenters. The van der Waals surface area contributed by atoms with Crippen LogP contribution in [0.2, 0.25) is 0 Å². The third-order valence-electron chi connectivity index (χ3n) is 1.91. The summed E-state index contributed by atoms with van der Waals surface area (Å²) in [5, 5.41) is 2.79. The van der Waals surface area contributed by atoms with Crippen LogP contribution in [-0.4, -0.2) is 25.7 Å². The zero-order chi connectivity index (χ0) is 12.0. The fourth-order valence-corrected chi connectivity index (χ4v) is 1.94. The number of amides is 1. The Labute approximate surface area is 112 Å². The van der Waals surface area contributed by atoms with Crippen LogP contribution in [0.25, 0.3) is 0 Å². The Morgan fingerprint density at radius 2 is 2.19 bits per heavy atom. The maximum absolute atomic E-state index is 11.8. The molecule has 3 nitrogen and oxygen atoms in total. The average Bonchev–Trinajstić information content (AvgIpc) is 2.27. The van der Waals surface area contributed by atoms with Crippen molar-refractivity contribution in [1.82, 2.24) is 5.32 Å². The van der Waals surface area contributed by atoms with Crippen LogP contribution in [-0.2, 0) is 4.74 Å². The van der Waals surface area contributed by atoms with Crippen molar-refractivity contribution in [2.45, 2.75) is 6.92 Å². The maximum Gasteiger partial charge on any atom is 0.252 e. The molecule has 0 aliphatic rings. The third kappa shape index (κ3) is 4.23. The molecule has 88 valence electrons. The smallest absolute Gasteiger partial charge is 0.252 e. The van der Waals surface area contributed by atoms with Crippen LogP contribution in [0.4, 0.5) is 0 Å². The summed E-state index contributed by atoms with van der Waals surface area (Å²) in [6.07, 6.45) is 0. The molecule has 0 heterocycles. The van der Waals surface area contributed by atoms with E-state index in [1.54, 1.807) is 6.07 Å². The SMILES string of the molecule is CCOCCNC(=O)c1cc(Br)ccc1Br. The van der Waals surface area contributed by atoms with E-state index in [-0.39, 0.29) is 5.91 Å². The van der Waals surface area contributed by atoms with Gasteiger partial charge < -0.3 is 10.1 Å². The number of benzene rings is 1. The molecule has 1 amide bonds. The van der Waals surface area contributed by atoms with Gasteiger partial charge in [-0.25, -0.2) is 0 Å². The predicted molar refractivity (Wildman–Crippen MR) is 70.7 cm³/mol. The summed E-state index contributed by atoms with van der Waals surface area (Å²) in [5.74, 6) is -0.104. The standard InChI is InChI=1S/C11H13Br2NO2/c1-2-16-6-5-14-11(15)9-7-8(12)3-4-10(9)13/h3-4,7H,2,5-6H2,1H3,(H,14,15). The Bertz CT molecular complexity index is 369. The summed E-state index contributed by atoms with van der Waals surface area (Å²) < 4.78 is 6.80. The number of ether oxygens (including phenoxy) is 1. The fourth-order valence-electron chi connectivity index (χ4n) is 1.15. The van der Waals surface area contributed by atoms with Gasteiger partial charge in [0.25, 0.3) is 5.91 Å². The van der Waals surface area contributed by atoms with Gasteiger partial charge in [-0.2, -0.15) is 0 Å². The van der Waals surface area contributed by atoms with Crippen LogP contribution in [0, 0.1) is 0 Å². The molecule has 1 aromatic rings. The molecule has 0 bridgehead atoms. The lowest BCUT2D eigenvalue weighted by Gasteiger charge is -2.07. The van der Waals surface area contributed by atoms with Crippen molar-refractivity contribution < 1.29 is 9.53 Å². The summed E-state index contributed by atoms with van der Waals surface area (Å²) in [5.41, 5.74) is 0.617. The van der Waals surface area contributed by atoms with Crippen molar-refractivity contribution >= 4 is 37.8 Å². The molecule has 0 fully saturated rings. The zero-order valence-electron chi connectivity index (χ0n) is 8.93. The summed E-state index contributed by atoms with van der Waals surface area (Å²) in [6, 6.07) is 5.49. The van der Waals surface area contributed by atoms with E-state index in [0.717, 1.165) is 8.95 Å². The average molecular weight is 351 g/mol. The fraction of sp³-hybridized carbons (Fsp3) is 0.364. The second kappa shape index (κ2) is 7.04. The van der Waals surface area contributed by atoms with E-state index >= 15 is 0 Å². The van der Waals surface area contributed by atoms with Gasteiger partial charge >= 0.3 is 0 Å².